The Labute approximate surface area is 240 Å². The summed E-state index contributed by atoms with van der Waals surface area (Å²) in [6.07, 6.45) is 3.36. The SMILES string of the molecule is O=C(c1ccc(Nc2cc(-c3ccccc3)nc3cc(C4CC4)nn23)cc1)N1CCCN(Cc2ccccc2)CC1. The van der Waals surface area contributed by atoms with Crippen LogP contribution in [-0.4, -0.2) is 56.5 Å². The molecule has 1 N–H and O–H groups in total. The number of carbonyl (C=O) groups is 1. The predicted octanol–water partition coefficient (Wildman–Crippen LogP) is 6.37. The summed E-state index contributed by atoms with van der Waals surface area (Å²) in [6, 6.07) is 32.7. The Kier molecular flexibility index (Phi) is 6.95. The molecule has 2 fully saturated rings. The molecule has 0 spiro atoms. The lowest BCUT2D eigenvalue weighted by atomic mass is 10.1. The van der Waals surface area contributed by atoms with Crippen LogP contribution in [0.4, 0.5) is 11.5 Å². The van der Waals surface area contributed by atoms with Crippen LogP contribution >= 0.6 is 0 Å². The van der Waals surface area contributed by atoms with Gasteiger partial charge in [0.2, 0.25) is 0 Å². The molecule has 1 amide bonds. The molecule has 1 aliphatic carbocycles. The van der Waals surface area contributed by atoms with E-state index >= 15 is 0 Å². The number of fused-ring (bicyclic) bond motifs is 1. The van der Waals surface area contributed by atoms with Crippen LogP contribution in [-0.2, 0) is 6.54 Å². The van der Waals surface area contributed by atoms with Crippen molar-refractivity contribution in [1.29, 1.82) is 0 Å². The number of nitrogens with zero attached hydrogens (tertiary/aromatic N) is 5. The number of carbonyl (C=O) groups excluding carboxylic acids is 1. The molecule has 0 bridgehead atoms. The van der Waals surface area contributed by atoms with E-state index in [0.29, 0.717) is 11.5 Å². The number of hydrogen-bond donors (Lipinski definition) is 1. The highest BCUT2D eigenvalue weighted by atomic mass is 16.2. The average Bonchev–Trinajstić information content (AvgIpc) is 3.81. The Balaban J connectivity index is 1.07. The van der Waals surface area contributed by atoms with Gasteiger partial charge in [-0.05, 0) is 49.1 Å². The van der Waals surface area contributed by atoms with E-state index in [1.54, 1.807) is 0 Å². The summed E-state index contributed by atoms with van der Waals surface area (Å²) < 4.78 is 1.90. The van der Waals surface area contributed by atoms with Crippen LogP contribution in [0.25, 0.3) is 16.9 Å². The molecule has 0 unspecified atom stereocenters. The van der Waals surface area contributed by atoms with E-state index in [9.17, 15) is 4.79 Å². The van der Waals surface area contributed by atoms with Crippen molar-refractivity contribution >= 4 is 23.1 Å². The molecule has 7 rings (SSSR count). The maximum Gasteiger partial charge on any atom is 0.253 e. The molecule has 0 atom stereocenters. The second kappa shape index (κ2) is 11.2. The number of benzene rings is 3. The summed E-state index contributed by atoms with van der Waals surface area (Å²) in [7, 11) is 0. The Morgan fingerprint density at radius 2 is 1.59 bits per heavy atom. The molecule has 1 saturated heterocycles. The van der Waals surface area contributed by atoms with E-state index in [1.807, 2.05) is 57.9 Å². The van der Waals surface area contributed by atoms with Gasteiger partial charge in [0.1, 0.15) is 5.82 Å². The molecule has 41 heavy (non-hydrogen) atoms. The normalized spacial score (nSPS) is 16.0. The highest BCUT2D eigenvalue weighted by Gasteiger charge is 2.27. The zero-order valence-electron chi connectivity index (χ0n) is 23.1. The number of hydrogen-bond acceptors (Lipinski definition) is 5. The van der Waals surface area contributed by atoms with Crippen LogP contribution in [0.2, 0.25) is 0 Å². The minimum atomic E-state index is 0.0944. The second-order valence-electron chi connectivity index (χ2n) is 11.1. The molecule has 2 aromatic heterocycles. The molecule has 2 aliphatic rings. The minimum Gasteiger partial charge on any atom is -0.340 e. The van der Waals surface area contributed by atoms with Crippen LogP contribution in [0.1, 0.15) is 46.8 Å². The third-order valence-corrected chi connectivity index (χ3v) is 8.04. The number of aromatic nitrogens is 3. The monoisotopic (exact) mass is 542 g/mol. The fourth-order valence-corrected chi connectivity index (χ4v) is 5.62. The van der Waals surface area contributed by atoms with Crippen molar-refractivity contribution in [3.05, 3.63) is 114 Å². The molecule has 0 radical (unpaired) electrons. The van der Waals surface area contributed by atoms with Crippen LogP contribution in [0, 0.1) is 0 Å². The average molecular weight is 543 g/mol. The van der Waals surface area contributed by atoms with Gasteiger partial charge in [-0.2, -0.15) is 9.61 Å². The molecule has 206 valence electrons. The van der Waals surface area contributed by atoms with Crippen molar-refractivity contribution in [2.45, 2.75) is 31.7 Å². The highest BCUT2D eigenvalue weighted by Crippen LogP contribution is 2.40. The van der Waals surface area contributed by atoms with E-state index in [0.717, 1.165) is 73.2 Å². The molecule has 1 aliphatic heterocycles. The van der Waals surface area contributed by atoms with Crippen LogP contribution in [0.5, 0.6) is 0 Å². The highest BCUT2D eigenvalue weighted by molar-refractivity contribution is 5.94. The van der Waals surface area contributed by atoms with Crippen LogP contribution in [0.15, 0.2) is 97.1 Å². The summed E-state index contributed by atoms with van der Waals surface area (Å²) >= 11 is 0. The third-order valence-electron chi connectivity index (χ3n) is 8.04. The smallest absolute Gasteiger partial charge is 0.253 e. The summed E-state index contributed by atoms with van der Waals surface area (Å²) in [4.78, 5) is 22.7. The topological polar surface area (TPSA) is 65.8 Å². The van der Waals surface area contributed by atoms with Gasteiger partial charge in [0.05, 0.1) is 11.4 Å². The van der Waals surface area contributed by atoms with E-state index in [-0.39, 0.29) is 5.91 Å². The van der Waals surface area contributed by atoms with Crippen molar-refractivity contribution in [2.24, 2.45) is 0 Å². The molecule has 3 heterocycles. The van der Waals surface area contributed by atoms with Gasteiger partial charge >= 0.3 is 0 Å². The molecule has 7 nitrogen and oxygen atoms in total. The molecule has 5 aromatic rings. The Hall–Kier alpha value is -4.49. The molecular formula is C34H34N6O. The zero-order chi connectivity index (χ0) is 27.6. The van der Waals surface area contributed by atoms with Gasteiger partial charge in [-0.3, -0.25) is 9.69 Å². The summed E-state index contributed by atoms with van der Waals surface area (Å²) in [6.45, 7) is 4.34. The molecule has 7 heteroatoms. The van der Waals surface area contributed by atoms with Crippen LogP contribution in [0.3, 0.4) is 0 Å². The quantitative estimate of drug-likeness (QED) is 0.259. The number of amides is 1. The number of nitrogens with one attached hydrogen (secondary N) is 1. The lowest BCUT2D eigenvalue weighted by Gasteiger charge is -2.22. The predicted molar refractivity (Wildman–Crippen MR) is 162 cm³/mol. The second-order valence-corrected chi connectivity index (χ2v) is 11.1. The first-order valence-corrected chi connectivity index (χ1v) is 14.6. The van der Waals surface area contributed by atoms with Crippen molar-refractivity contribution in [3.8, 4) is 11.3 Å². The van der Waals surface area contributed by atoms with Crippen molar-refractivity contribution in [2.75, 3.05) is 31.5 Å². The van der Waals surface area contributed by atoms with Gasteiger partial charge < -0.3 is 10.2 Å². The summed E-state index contributed by atoms with van der Waals surface area (Å²) in [5.41, 5.74) is 6.84. The van der Waals surface area contributed by atoms with E-state index in [1.165, 1.54) is 18.4 Å². The first-order valence-electron chi connectivity index (χ1n) is 14.6. The number of anilines is 2. The Morgan fingerprint density at radius 3 is 2.34 bits per heavy atom. The minimum absolute atomic E-state index is 0.0944. The van der Waals surface area contributed by atoms with Gasteiger partial charge in [0, 0.05) is 67.6 Å². The van der Waals surface area contributed by atoms with Gasteiger partial charge in [0.15, 0.2) is 5.65 Å². The largest absolute Gasteiger partial charge is 0.340 e. The lowest BCUT2D eigenvalue weighted by Crippen LogP contribution is -2.35. The number of rotatable bonds is 7. The maximum atomic E-state index is 13.4. The summed E-state index contributed by atoms with van der Waals surface area (Å²) in [5.74, 6) is 1.49. The van der Waals surface area contributed by atoms with Gasteiger partial charge in [0.25, 0.3) is 5.91 Å². The van der Waals surface area contributed by atoms with Gasteiger partial charge in [-0.25, -0.2) is 4.98 Å². The van der Waals surface area contributed by atoms with Crippen molar-refractivity contribution in [1.82, 2.24) is 24.4 Å². The van der Waals surface area contributed by atoms with E-state index in [2.05, 4.69) is 58.7 Å². The van der Waals surface area contributed by atoms with E-state index in [4.69, 9.17) is 10.1 Å². The summed E-state index contributed by atoms with van der Waals surface area (Å²) in [5, 5.41) is 8.42. The first-order chi connectivity index (χ1) is 20.2. The standard InChI is InChI=1S/C34H34N6O/c41-34(39-19-7-18-38(20-21-39)24-25-8-3-1-4-9-25)28-14-16-29(17-15-28)35-32-22-30(26-10-5-2-6-11-26)36-33-23-31(27-12-13-27)37-40(32)33/h1-6,8-11,14-17,22-23,27,35H,7,12-13,18-21,24H2. The molecule has 1 saturated carbocycles. The first kappa shape index (κ1) is 25.5. The van der Waals surface area contributed by atoms with Crippen molar-refractivity contribution in [3.63, 3.8) is 0 Å². The molecular weight excluding hydrogens is 508 g/mol. The van der Waals surface area contributed by atoms with Gasteiger partial charge in [-0.1, -0.05) is 60.7 Å². The fourth-order valence-electron chi connectivity index (χ4n) is 5.62. The Morgan fingerprint density at radius 1 is 0.829 bits per heavy atom. The van der Waals surface area contributed by atoms with Crippen LogP contribution < -0.4 is 5.32 Å². The molecule has 3 aromatic carbocycles. The Bertz CT molecular complexity index is 1640. The fraction of sp³-hybridized carbons (Fsp3) is 0.265. The van der Waals surface area contributed by atoms with E-state index < -0.39 is 0 Å². The van der Waals surface area contributed by atoms with Crippen molar-refractivity contribution < 1.29 is 4.79 Å². The maximum absolute atomic E-state index is 13.4. The third kappa shape index (κ3) is 5.72. The zero-order valence-corrected chi connectivity index (χ0v) is 23.1. The van der Waals surface area contributed by atoms with Gasteiger partial charge in [-0.15, -0.1) is 0 Å². The lowest BCUT2D eigenvalue weighted by molar-refractivity contribution is 0.0761.